The summed E-state index contributed by atoms with van der Waals surface area (Å²) in [5, 5.41) is 3.54. The number of rotatable bonds is 3. The van der Waals surface area contributed by atoms with Gasteiger partial charge >= 0.3 is 0 Å². The van der Waals surface area contributed by atoms with Crippen LogP contribution >= 0.6 is 11.3 Å². The van der Waals surface area contributed by atoms with Crippen LogP contribution < -0.4 is 5.32 Å². The van der Waals surface area contributed by atoms with Gasteiger partial charge in [0.1, 0.15) is 0 Å². The number of anilines is 1. The van der Waals surface area contributed by atoms with E-state index in [1.54, 1.807) is 11.3 Å². The van der Waals surface area contributed by atoms with Crippen LogP contribution in [0.4, 0.5) is 5.69 Å². The summed E-state index contributed by atoms with van der Waals surface area (Å²) in [6.07, 6.45) is 4.01. The lowest BCUT2D eigenvalue weighted by Crippen LogP contribution is -2.12. The first kappa shape index (κ1) is 17.7. The van der Waals surface area contributed by atoms with E-state index in [1.165, 1.54) is 32.7 Å². The minimum atomic E-state index is 0.774. The summed E-state index contributed by atoms with van der Waals surface area (Å²) < 4.78 is 1.24. The Labute approximate surface area is 174 Å². The number of nitrogens with one attached hydrogen (secondary N) is 1. The molecule has 1 aliphatic heterocycles. The molecule has 2 nitrogen and oxygen atoms in total. The molecule has 4 aromatic rings. The lowest BCUT2D eigenvalue weighted by Gasteiger charge is -2.19. The van der Waals surface area contributed by atoms with E-state index >= 15 is 0 Å². The van der Waals surface area contributed by atoms with E-state index in [0.29, 0.717) is 0 Å². The summed E-state index contributed by atoms with van der Waals surface area (Å²) in [7, 11) is 0. The Kier molecular flexibility index (Phi) is 4.86. The van der Waals surface area contributed by atoms with Gasteiger partial charge in [-0.05, 0) is 59.0 Å². The molecule has 0 atom stereocenters. The van der Waals surface area contributed by atoms with Gasteiger partial charge in [0.15, 0.2) is 0 Å². The van der Waals surface area contributed by atoms with Crippen LogP contribution in [0.3, 0.4) is 0 Å². The minimum Gasteiger partial charge on any atom is -0.381 e. The first-order valence-electron chi connectivity index (χ1n) is 9.76. The average molecular weight is 393 g/mol. The van der Waals surface area contributed by atoms with Crippen molar-refractivity contribution in [3.05, 3.63) is 100 Å². The highest BCUT2D eigenvalue weighted by molar-refractivity contribution is 7.16. The third kappa shape index (κ3) is 4.08. The van der Waals surface area contributed by atoms with Gasteiger partial charge in [-0.2, -0.15) is 0 Å². The molecule has 0 amide bonds. The van der Waals surface area contributed by atoms with Crippen LogP contribution in [0.25, 0.3) is 16.3 Å². The third-order valence-corrected chi connectivity index (χ3v) is 5.92. The zero-order chi connectivity index (χ0) is 19.5. The fourth-order valence-corrected chi connectivity index (χ4v) is 4.29. The van der Waals surface area contributed by atoms with E-state index in [4.69, 9.17) is 0 Å². The average Bonchev–Trinajstić information content (AvgIpc) is 3.22. The van der Waals surface area contributed by atoms with Crippen molar-refractivity contribution in [1.29, 1.82) is 0 Å². The molecular weight excluding hydrogens is 372 g/mol. The van der Waals surface area contributed by atoms with Gasteiger partial charge in [0.2, 0.25) is 0 Å². The lowest BCUT2D eigenvalue weighted by atomic mass is 9.97. The first-order valence-corrected chi connectivity index (χ1v) is 10.6. The van der Waals surface area contributed by atoms with Gasteiger partial charge in [0.05, 0.1) is 15.7 Å². The Bertz CT molecular complexity index is 1260. The number of hydrogen-bond donors (Lipinski definition) is 1. The van der Waals surface area contributed by atoms with Crippen molar-refractivity contribution >= 4 is 33.3 Å². The van der Waals surface area contributed by atoms with Gasteiger partial charge < -0.3 is 5.32 Å². The molecule has 1 N–H and O–H groups in total. The lowest BCUT2D eigenvalue weighted by molar-refractivity contribution is 1.08. The van der Waals surface area contributed by atoms with Crippen molar-refractivity contribution in [3.63, 3.8) is 0 Å². The fraction of sp³-hybridized carbons (Fsp3) is 0.115. The number of aromatic nitrogens is 1. The van der Waals surface area contributed by atoms with Crippen molar-refractivity contribution in [3.8, 4) is 11.8 Å². The van der Waals surface area contributed by atoms with E-state index in [2.05, 4.69) is 88.9 Å². The summed E-state index contributed by atoms with van der Waals surface area (Å²) in [5.74, 6) is 6.60. The molecule has 0 aliphatic carbocycles. The maximum absolute atomic E-state index is 4.44. The third-order valence-electron chi connectivity index (χ3n) is 5.11. The molecule has 0 saturated heterocycles. The SMILES string of the molecule is C(#Cc1ccc2c(c1)C=C(Cc1ccc3scnc3c1)CN2)Cc1ccccc1. The normalized spacial score (nSPS) is 12.5. The molecule has 1 aromatic heterocycles. The largest absolute Gasteiger partial charge is 0.381 e. The highest BCUT2D eigenvalue weighted by atomic mass is 32.1. The Morgan fingerprint density at radius 2 is 1.90 bits per heavy atom. The van der Waals surface area contributed by atoms with Gasteiger partial charge in [-0.15, -0.1) is 11.3 Å². The topological polar surface area (TPSA) is 24.9 Å². The summed E-state index contributed by atoms with van der Waals surface area (Å²) >= 11 is 1.69. The second-order valence-electron chi connectivity index (χ2n) is 7.25. The molecule has 0 saturated carbocycles. The zero-order valence-electron chi connectivity index (χ0n) is 16.0. The van der Waals surface area contributed by atoms with Crippen molar-refractivity contribution in [1.82, 2.24) is 4.98 Å². The highest BCUT2D eigenvalue weighted by Gasteiger charge is 2.11. The van der Waals surface area contributed by atoms with Gasteiger partial charge in [0.25, 0.3) is 0 Å². The second-order valence-corrected chi connectivity index (χ2v) is 8.14. The molecular formula is C26H20N2S. The number of thiazole rings is 1. The predicted octanol–water partition coefficient (Wildman–Crippen LogP) is 5.94. The number of hydrogen-bond acceptors (Lipinski definition) is 3. The van der Waals surface area contributed by atoms with Crippen LogP contribution in [0.5, 0.6) is 0 Å². The van der Waals surface area contributed by atoms with Crippen LogP contribution in [-0.4, -0.2) is 11.5 Å². The maximum atomic E-state index is 4.44. The van der Waals surface area contributed by atoms with E-state index in [1.807, 2.05) is 11.6 Å². The summed E-state index contributed by atoms with van der Waals surface area (Å²) in [6, 6.07) is 23.4. The summed E-state index contributed by atoms with van der Waals surface area (Å²) in [4.78, 5) is 4.44. The van der Waals surface area contributed by atoms with Crippen LogP contribution in [0, 0.1) is 11.8 Å². The molecule has 0 bridgehead atoms. The number of fused-ring (bicyclic) bond motifs is 2. The number of nitrogens with zero attached hydrogens (tertiary/aromatic N) is 1. The molecule has 0 unspecified atom stereocenters. The second kappa shape index (κ2) is 7.95. The predicted molar refractivity (Wildman–Crippen MR) is 123 cm³/mol. The fourth-order valence-electron chi connectivity index (χ4n) is 3.63. The minimum absolute atomic E-state index is 0.774. The molecule has 0 radical (unpaired) electrons. The molecule has 3 aromatic carbocycles. The quantitative estimate of drug-likeness (QED) is 0.436. The molecule has 0 spiro atoms. The van der Waals surface area contributed by atoms with E-state index in [9.17, 15) is 0 Å². The van der Waals surface area contributed by atoms with Crippen molar-refractivity contribution in [2.75, 3.05) is 11.9 Å². The number of benzene rings is 3. The van der Waals surface area contributed by atoms with Crippen LogP contribution in [-0.2, 0) is 12.8 Å². The van der Waals surface area contributed by atoms with Crippen molar-refractivity contribution < 1.29 is 0 Å². The Hall–Kier alpha value is -3.35. The van der Waals surface area contributed by atoms with Crippen molar-refractivity contribution in [2.45, 2.75) is 12.8 Å². The molecule has 2 heterocycles. The van der Waals surface area contributed by atoms with E-state index < -0.39 is 0 Å². The Balaban J connectivity index is 1.34. The smallest absolute Gasteiger partial charge is 0.0814 e. The zero-order valence-corrected chi connectivity index (χ0v) is 16.8. The summed E-state index contributed by atoms with van der Waals surface area (Å²) in [5.41, 5.74) is 10.4. The molecule has 140 valence electrons. The maximum Gasteiger partial charge on any atom is 0.0814 e. The van der Waals surface area contributed by atoms with Crippen LogP contribution in [0.2, 0.25) is 0 Å². The van der Waals surface area contributed by atoms with Crippen LogP contribution in [0.15, 0.2) is 77.8 Å². The van der Waals surface area contributed by atoms with Gasteiger partial charge in [-0.3, -0.25) is 0 Å². The standard InChI is InChI=1S/C26H20N2S/c1-2-5-19(6-3-1)7-4-8-20-9-11-24-23(14-20)15-22(17-27-24)13-21-10-12-26-25(16-21)28-18-29-26/h1-3,5-6,9-12,14-16,18,27H,7,13,17H2. The summed E-state index contributed by atoms with van der Waals surface area (Å²) in [6.45, 7) is 0.876. The van der Waals surface area contributed by atoms with E-state index in [0.717, 1.165) is 30.5 Å². The van der Waals surface area contributed by atoms with Crippen LogP contribution in [0.1, 0.15) is 22.3 Å². The monoisotopic (exact) mass is 392 g/mol. The molecule has 5 rings (SSSR count). The Morgan fingerprint density at radius 1 is 0.966 bits per heavy atom. The molecule has 1 aliphatic rings. The van der Waals surface area contributed by atoms with Gasteiger partial charge in [0, 0.05) is 24.2 Å². The van der Waals surface area contributed by atoms with Gasteiger partial charge in [-0.1, -0.05) is 54.3 Å². The molecule has 3 heteroatoms. The molecule has 29 heavy (non-hydrogen) atoms. The molecule has 0 fully saturated rings. The first-order chi connectivity index (χ1) is 14.3. The van der Waals surface area contributed by atoms with Gasteiger partial charge in [-0.25, -0.2) is 4.98 Å². The van der Waals surface area contributed by atoms with E-state index in [-0.39, 0.29) is 0 Å². The highest BCUT2D eigenvalue weighted by Crippen LogP contribution is 2.27. The van der Waals surface area contributed by atoms with Crippen molar-refractivity contribution in [2.24, 2.45) is 0 Å². The Morgan fingerprint density at radius 3 is 2.83 bits per heavy atom.